The van der Waals surface area contributed by atoms with Crippen LogP contribution in [0.1, 0.15) is 31.2 Å². The monoisotopic (exact) mass is 249 g/mol. The highest BCUT2D eigenvalue weighted by molar-refractivity contribution is 5.80. The summed E-state index contributed by atoms with van der Waals surface area (Å²) in [7, 11) is 3.83. The van der Waals surface area contributed by atoms with E-state index in [2.05, 4.69) is 33.4 Å². The van der Waals surface area contributed by atoms with Gasteiger partial charge in [0.15, 0.2) is 5.96 Å². The minimum absolute atomic E-state index is 0.582. The highest BCUT2D eigenvalue weighted by Crippen LogP contribution is 2.26. The average molecular weight is 249 g/mol. The average Bonchev–Trinajstić information content (AvgIpc) is 2.99. The largest absolute Gasteiger partial charge is 0.356 e. The van der Waals surface area contributed by atoms with Crippen molar-refractivity contribution < 1.29 is 0 Å². The van der Waals surface area contributed by atoms with Gasteiger partial charge in [-0.3, -0.25) is 9.67 Å². The van der Waals surface area contributed by atoms with Crippen LogP contribution in [-0.4, -0.2) is 47.3 Å². The van der Waals surface area contributed by atoms with Crippen LogP contribution < -0.4 is 5.32 Å². The minimum atomic E-state index is 0.582. The van der Waals surface area contributed by atoms with E-state index >= 15 is 0 Å². The van der Waals surface area contributed by atoms with Gasteiger partial charge in [0.1, 0.15) is 0 Å². The number of hydrogen-bond donors (Lipinski definition) is 1. The first-order valence-corrected chi connectivity index (χ1v) is 6.68. The predicted molar refractivity (Wildman–Crippen MR) is 73.8 cm³/mol. The van der Waals surface area contributed by atoms with Crippen molar-refractivity contribution in [3.8, 4) is 0 Å². The van der Waals surface area contributed by atoms with Crippen LogP contribution in [0.2, 0.25) is 0 Å². The summed E-state index contributed by atoms with van der Waals surface area (Å²) in [5, 5.41) is 7.65. The molecule has 1 aromatic rings. The Morgan fingerprint density at radius 1 is 1.61 bits per heavy atom. The Hall–Kier alpha value is -1.52. The van der Waals surface area contributed by atoms with Crippen molar-refractivity contribution in [2.24, 2.45) is 12.0 Å². The summed E-state index contributed by atoms with van der Waals surface area (Å²) in [6, 6.07) is 0. The summed E-state index contributed by atoms with van der Waals surface area (Å²) in [5.74, 6) is 1.61. The minimum Gasteiger partial charge on any atom is -0.356 e. The predicted octanol–water partition coefficient (Wildman–Crippen LogP) is 1.19. The second kappa shape index (κ2) is 5.89. The van der Waals surface area contributed by atoms with Crippen molar-refractivity contribution in [2.75, 3.05) is 26.7 Å². The summed E-state index contributed by atoms with van der Waals surface area (Å²) in [5.41, 5.74) is 1.34. The maximum absolute atomic E-state index is 4.35. The van der Waals surface area contributed by atoms with Gasteiger partial charge in [0.25, 0.3) is 0 Å². The van der Waals surface area contributed by atoms with Crippen molar-refractivity contribution in [2.45, 2.75) is 25.7 Å². The van der Waals surface area contributed by atoms with Gasteiger partial charge < -0.3 is 10.2 Å². The lowest BCUT2D eigenvalue weighted by Crippen LogP contribution is -2.40. The highest BCUT2D eigenvalue weighted by Gasteiger charge is 2.26. The van der Waals surface area contributed by atoms with Gasteiger partial charge in [0.2, 0.25) is 0 Å². The van der Waals surface area contributed by atoms with E-state index in [4.69, 9.17) is 0 Å². The first-order valence-electron chi connectivity index (χ1n) is 6.68. The molecule has 1 atom stereocenters. The molecule has 1 N–H and O–H groups in total. The van der Waals surface area contributed by atoms with Crippen LogP contribution in [0.25, 0.3) is 0 Å². The molecule has 1 unspecified atom stereocenters. The molecule has 0 saturated carbocycles. The number of aryl methyl sites for hydroxylation is 1. The highest BCUT2D eigenvalue weighted by atomic mass is 15.3. The summed E-state index contributed by atoms with van der Waals surface area (Å²) in [4.78, 5) is 6.69. The van der Waals surface area contributed by atoms with Crippen molar-refractivity contribution in [1.29, 1.82) is 0 Å². The fourth-order valence-electron chi connectivity index (χ4n) is 2.44. The van der Waals surface area contributed by atoms with E-state index in [9.17, 15) is 0 Å². The van der Waals surface area contributed by atoms with E-state index < -0.39 is 0 Å². The van der Waals surface area contributed by atoms with Crippen molar-refractivity contribution in [3.05, 3.63) is 18.0 Å². The number of guanidine groups is 1. The Kier molecular flexibility index (Phi) is 4.23. The van der Waals surface area contributed by atoms with Crippen molar-refractivity contribution in [3.63, 3.8) is 0 Å². The lowest BCUT2D eigenvalue weighted by molar-refractivity contribution is 0.486. The van der Waals surface area contributed by atoms with Crippen molar-refractivity contribution >= 4 is 5.96 Å². The van der Waals surface area contributed by atoms with Gasteiger partial charge in [-0.05, 0) is 18.4 Å². The van der Waals surface area contributed by atoms with Crippen molar-refractivity contribution in [1.82, 2.24) is 20.0 Å². The molecule has 100 valence electrons. The molecule has 0 aliphatic carbocycles. The van der Waals surface area contributed by atoms with Crippen LogP contribution in [0.4, 0.5) is 0 Å². The zero-order chi connectivity index (χ0) is 13.0. The smallest absolute Gasteiger partial charge is 0.193 e. The van der Waals surface area contributed by atoms with Gasteiger partial charge in [-0.25, -0.2) is 0 Å². The van der Waals surface area contributed by atoms with Crippen LogP contribution in [0.5, 0.6) is 0 Å². The summed E-state index contributed by atoms with van der Waals surface area (Å²) in [6.45, 7) is 5.27. The zero-order valence-electron chi connectivity index (χ0n) is 11.6. The van der Waals surface area contributed by atoms with E-state index in [1.54, 1.807) is 0 Å². The summed E-state index contributed by atoms with van der Waals surface area (Å²) < 4.78 is 1.88. The molecule has 0 bridgehead atoms. The van der Waals surface area contributed by atoms with Gasteiger partial charge >= 0.3 is 0 Å². The van der Waals surface area contributed by atoms with Crippen LogP contribution in [0, 0.1) is 0 Å². The number of rotatable bonds is 3. The number of hydrogen-bond acceptors (Lipinski definition) is 2. The standard InChI is InChI=1S/C13H23N5/c1-4-6-15-13(14-2)18-7-5-11(10-18)12-8-16-17(3)9-12/h8-9,11H,4-7,10H2,1-3H3,(H,14,15). The normalized spacial score (nSPS) is 20.5. The quantitative estimate of drug-likeness (QED) is 0.646. The molecule has 1 fully saturated rings. The third kappa shape index (κ3) is 2.83. The Labute approximate surface area is 109 Å². The maximum atomic E-state index is 4.35. The fourth-order valence-corrected chi connectivity index (χ4v) is 2.44. The van der Waals surface area contributed by atoms with Crippen LogP contribution in [0.3, 0.4) is 0 Å². The molecule has 0 amide bonds. The lowest BCUT2D eigenvalue weighted by Gasteiger charge is -2.21. The summed E-state index contributed by atoms with van der Waals surface area (Å²) >= 11 is 0. The molecule has 2 rings (SSSR count). The Bertz CT molecular complexity index is 409. The van der Waals surface area contributed by atoms with E-state index in [1.807, 2.05) is 25.0 Å². The Balaban J connectivity index is 1.95. The van der Waals surface area contributed by atoms with E-state index in [0.717, 1.165) is 32.0 Å². The number of nitrogens with one attached hydrogen (secondary N) is 1. The maximum Gasteiger partial charge on any atom is 0.193 e. The van der Waals surface area contributed by atoms with Gasteiger partial charge in [0.05, 0.1) is 6.20 Å². The number of aliphatic imine (C=N–C) groups is 1. The topological polar surface area (TPSA) is 45.5 Å². The molecule has 18 heavy (non-hydrogen) atoms. The fraction of sp³-hybridized carbons (Fsp3) is 0.692. The molecule has 1 aromatic heterocycles. The van der Waals surface area contributed by atoms with Gasteiger partial charge in [-0.15, -0.1) is 0 Å². The molecular weight excluding hydrogens is 226 g/mol. The van der Waals surface area contributed by atoms with Crippen LogP contribution >= 0.6 is 0 Å². The molecular formula is C13H23N5. The van der Waals surface area contributed by atoms with Gasteiger partial charge in [0, 0.05) is 45.8 Å². The first-order chi connectivity index (χ1) is 8.74. The zero-order valence-corrected chi connectivity index (χ0v) is 11.6. The van der Waals surface area contributed by atoms with Crippen LogP contribution in [0.15, 0.2) is 17.4 Å². The Morgan fingerprint density at radius 2 is 2.44 bits per heavy atom. The van der Waals surface area contributed by atoms with Gasteiger partial charge in [-0.1, -0.05) is 6.92 Å². The summed E-state index contributed by atoms with van der Waals surface area (Å²) in [6.07, 6.45) is 6.41. The molecule has 1 aliphatic heterocycles. The van der Waals surface area contributed by atoms with Crippen LogP contribution in [-0.2, 0) is 7.05 Å². The molecule has 2 heterocycles. The van der Waals surface area contributed by atoms with E-state index in [1.165, 1.54) is 12.0 Å². The third-order valence-corrected chi connectivity index (χ3v) is 3.43. The number of likely N-dealkylation sites (tertiary alicyclic amines) is 1. The first kappa shape index (κ1) is 12.9. The molecule has 0 spiro atoms. The molecule has 1 saturated heterocycles. The molecule has 0 radical (unpaired) electrons. The Morgan fingerprint density at radius 3 is 3.06 bits per heavy atom. The van der Waals surface area contributed by atoms with E-state index in [0.29, 0.717) is 5.92 Å². The third-order valence-electron chi connectivity index (χ3n) is 3.43. The molecule has 0 aromatic carbocycles. The van der Waals surface area contributed by atoms with Gasteiger partial charge in [-0.2, -0.15) is 5.10 Å². The SMILES string of the molecule is CCCNC(=NC)N1CCC(c2cnn(C)c2)C1. The molecule has 5 nitrogen and oxygen atoms in total. The number of aromatic nitrogens is 2. The second-order valence-electron chi connectivity index (χ2n) is 4.85. The van der Waals surface area contributed by atoms with E-state index in [-0.39, 0.29) is 0 Å². The molecule has 5 heteroatoms. The lowest BCUT2D eigenvalue weighted by atomic mass is 10.0. The number of nitrogens with zero attached hydrogens (tertiary/aromatic N) is 4. The molecule has 1 aliphatic rings. The second-order valence-corrected chi connectivity index (χ2v) is 4.85.